The van der Waals surface area contributed by atoms with Crippen molar-refractivity contribution in [2.45, 2.75) is 38.8 Å². The Morgan fingerprint density at radius 3 is 2.63 bits per heavy atom. The van der Waals surface area contributed by atoms with Gasteiger partial charge in [-0.15, -0.1) is 0 Å². The van der Waals surface area contributed by atoms with Crippen LogP contribution in [0.5, 0.6) is 0 Å². The highest BCUT2D eigenvalue weighted by atomic mass is 16.5. The predicted molar refractivity (Wildman–Crippen MR) is 114 cm³/mol. The zero-order valence-corrected chi connectivity index (χ0v) is 17.4. The van der Waals surface area contributed by atoms with Crippen molar-refractivity contribution in [2.75, 3.05) is 30.4 Å². The molecule has 1 aliphatic rings. The second kappa shape index (κ2) is 9.97. The van der Waals surface area contributed by atoms with E-state index in [0.29, 0.717) is 12.1 Å². The number of carboxylic acid groups (broad SMARTS) is 1. The first kappa shape index (κ1) is 21.4. The third-order valence-electron chi connectivity index (χ3n) is 4.97. The van der Waals surface area contributed by atoms with Crippen LogP contribution < -0.4 is 10.2 Å². The zero-order valence-electron chi connectivity index (χ0n) is 17.4. The van der Waals surface area contributed by atoms with Gasteiger partial charge in [0, 0.05) is 38.5 Å². The number of aromatic nitrogens is 5. The number of carbonyl (C=O) groups is 1. The Labute approximate surface area is 174 Å². The van der Waals surface area contributed by atoms with Gasteiger partial charge in [0.15, 0.2) is 0 Å². The molecular formula is C20H27N7O3. The van der Waals surface area contributed by atoms with E-state index in [0.717, 1.165) is 54.5 Å². The van der Waals surface area contributed by atoms with Gasteiger partial charge in [0.25, 0.3) is 6.47 Å². The molecule has 0 aromatic carbocycles. The predicted octanol–water partition coefficient (Wildman–Crippen LogP) is 2.86. The summed E-state index contributed by atoms with van der Waals surface area (Å²) in [5.41, 5.74) is 1.94. The Morgan fingerprint density at radius 2 is 1.97 bits per heavy atom. The van der Waals surface area contributed by atoms with Crippen molar-refractivity contribution in [1.82, 2.24) is 24.5 Å². The lowest BCUT2D eigenvalue weighted by Gasteiger charge is -2.31. The minimum absolute atomic E-state index is 0.250. The van der Waals surface area contributed by atoms with Crippen molar-refractivity contribution < 1.29 is 14.6 Å². The number of anilines is 3. The van der Waals surface area contributed by atoms with Gasteiger partial charge in [0.1, 0.15) is 17.2 Å². The molecule has 160 valence electrons. The number of piperidine rings is 1. The van der Waals surface area contributed by atoms with Crippen LogP contribution in [0.25, 0.3) is 11.0 Å². The third kappa shape index (κ3) is 5.01. The van der Waals surface area contributed by atoms with Crippen LogP contribution in [0.4, 0.5) is 17.6 Å². The molecule has 0 bridgehead atoms. The summed E-state index contributed by atoms with van der Waals surface area (Å²) in [7, 11) is 1.77. The lowest BCUT2D eigenvalue weighted by Crippen LogP contribution is -2.37. The molecule has 0 atom stereocenters. The quantitative estimate of drug-likeness (QED) is 0.609. The van der Waals surface area contributed by atoms with Gasteiger partial charge in [-0.25, -0.2) is 15.0 Å². The third-order valence-corrected chi connectivity index (χ3v) is 4.97. The van der Waals surface area contributed by atoms with E-state index in [1.807, 2.05) is 18.5 Å². The number of nitrogens with zero attached hydrogens (tertiary/aromatic N) is 6. The minimum atomic E-state index is -0.250. The fraction of sp³-hybridized carbons (Fsp3) is 0.450. The molecule has 10 nitrogen and oxygen atoms in total. The lowest BCUT2D eigenvalue weighted by atomic mass is 10.1. The average Bonchev–Trinajstić information content (AvgIpc) is 3.18. The molecule has 4 heterocycles. The fourth-order valence-electron chi connectivity index (χ4n) is 3.40. The van der Waals surface area contributed by atoms with Crippen LogP contribution >= 0.6 is 0 Å². The Morgan fingerprint density at radius 1 is 1.23 bits per heavy atom. The van der Waals surface area contributed by atoms with Crippen molar-refractivity contribution in [3.05, 3.63) is 30.9 Å². The second-order valence-electron chi connectivity index (χ2n) is 7.20. The Hall–Kier alpha value is -3.27. The van der Waals surface area contributed by atoms with E-state index in [-0.39, 0.29) is 6.47 Å². The van der Waals surface area contributed by atoms with Gasteiger partial charge in [-0.2, -0.15) is 4.98 Å². The molecule has 0 saturated carbocycles. The molecule has 1 saturated heterocycles. The van der Waals surface area contributed by atoms with Crippen LogP contribution in [0.1, 0.15) is 32.7 Å². The summed E-state index contributed by atoms with van der Waals surface area (Å²) in [5.74, 6) is 2.21. The topological polar surface area (TPSA) is 118 Å². The Bertz CT molecular complexity index is 968. The maximum absolute atomic E-state index is 8.36. The number of hydrogen-bond donors (Lipinski definition) is 2. The molecule has 4 rings (SSSR count). The highest BCUT2D eigenvalue weighted by Gasteiger charge is 2.20. The van der Waals surface area contributed by atoms with Crippen molar-refractivity contribution in [1.29, 1.82) is 0 Å². The number of pyridine rings is 1. The summed E-state index contributed by atoms with van der Waals surface area (Å²) >= 11 is 0. The highest BCUT2D eigenvalue weighted by Crippen LogP contribution is 2.23. The summed E-state index contributed by atoms with van der Waals surface area (Å²) in [5, 5.41) is 10.2. The van der Waals surface area contributed by atoms with E-state index in [1.165, 1.54) is 0 Å². The summed E-state index contributed by atoms with van der Waals surface area (Å²) < 4.78 is 7.57. The Kier molecular flexibility index (Phi) is 7.12. The number of imidazole rings is 1. The summed E-state index contributed by atoms with van der Waals surface area (Å²) in [4.78, 5) is 28.5. The van der Waals surface area contributed by atoms with Crippen LogP contribution in [-0.4, -0.2) is 62.4 Å². The number of rotatable bonds is 5. The molecule has 30 heavy (non-hydrogen) atoms. The van der Waals surface area contributed by atoms with Gasteiger partial charge < -0.3 is 24.6 Å². The summed E-state index contributed by atoms with van der Waals surface area (Å²) in [6.45, 7) is 5.83. The average molecular weight is 413 g/mol. The van der Waals surface area contributed by atoms with Crippen molar-refractivity contribution >= 4 is 35.1 Å². The molecule has 0 amide bonds. The molecule has 0 spiro atoms. The maximum atomic E-state index is 8.36. The second-order valence-corrected chi connectivity index (χ2v) is 7.20. The number of methoxy groups -OCH3 is 1. The van der Waals surface area contributed by atoms with Crippen LogP contribution in [-0.2, 0) is 9.53 Å². The molecule has 10 heteroatoms. The molecule has 0 radical (unpaired) electrons. The van der Waals surface area contributed by atoms with E-state index >= 15 is 0 Å². The molecule has 2 N–H and O–H groups in total. The van der Waals surface area contributed by atoms with Crippen LogP contribution in [0.2, 0.25) is 0 Å². The number of nitrogens with one attached hydrogen (secondary N) is 1. The Balaban J connectivity index is 0.000000806. The molecule has 1 fully saturated rings. The molecule has 3 aromatic heterocycles. The van der Waals surface area contributed by atoms with Gasteiger partial charge in [0.05, 0.1) is 24.1 Å². The van der Waals surface area contributed by atoms with Gasteiger partial charge in [-0.1, -0.05) is 0 Å². The van der Waals surface area contributed by atoms with E-state index in [4.69, 9.17) is 14.6 Å². The van der Waals surface area contributed by atoms with E-state index < -0.39 is 0 Å². The molecule has 0 unspecified atom stereocenters. The van der Waals surface area contributed by atoms with Crippen molar-refractivity contribution in [2.24, 2.45) is 0 Å². The zero-order chi connectivity index (χ0) is 21.5. The van der Waals surface area contributed by atoms with Crippen molar-refractivity contribution in [3.63, 3.8) is 0 Å². The minimum Gasteiger partial charge on any atom is -0.483 e. The largest absolute Gasteiger partial charge is 0.483 e. The normalized spacial score (nSPS) is 14.5. The maximum Gasteiger partial charge on any atom is 0.290 e. The van der Waals surface area contributed by atoms with Gasteiger partial charge in [-0.3, -0.25) is 4.79 Å². The molecular weight excluding hydrogens is 386 g/mol. The van der Waals surface area contributed by atoms with Gasteiger partial charge in [-0.05, 0) is 32.8 Å². The van der Waals surface area contributed by atoms with Gasteiger partial charge >= 0.3 is 0 Å². The first-order valence-electron chi connectivity index (χ1n) is 9.84. The SMILES string of the molecule is COC1CCN(c2nccc(Nc3cc4c(cn3)ncn4C(C)C)n2)CC1.O=CO. The number of hydrogen-bond acceptors (Lipinski definition) is 8. The first-order valence-corrected chi connectivity index (χ1v) is 9.84. The van der Waals surface area contributed by atoms with Crippen LogP contribution in [0.15, 0.2) is 30.9 Å². The van der Waals surface area contributed by atoms with Gasteiger partial charge in [0.2, 0.25) is 5.95 Å². The lowest BCUT2D eigenvalue weighted by molar-refractivity contribution is -0.122. The monoisotopic (exact) mass is 413 g/mol. The first-order chi connectivity index (χ1) is 14.5. The molecule has 1 aliphatic heterocycles. The van der Waals surface area contributed by atoms with E-state index in [9.17, 15) is 0 Å². The van der Waals surface area contributed by atoms with Crippen molar-refractivity contribution in [3.8, 4) is 0 Å². The summed E-state index contributed by atoms with van der Waals surface area (Å²) in [6.07, 6.45) is 7.75. The van der Waals surface area contributed by atoms with E-state index in [1.54, 1.807) is 19.5 Å². The fourth-order valence-corrected chi connectivity index (χ4v) is 3.40. The standard InChI is InChI=1S/C19H25N7O.CH2O2/c1-13(2)26-12-22-15-11-21-18(10-16(15)26)23-17-4-7-20-19(24-17)25-8-5-14(27-3)6-9-25;2-1-3/h4,7,10-14H,5-6,8-9H2,1-3H3,(H,20,21,23,24);1H,(H,2,3). The molecule has 3 aromatic rings. The molecule has 0 aliphatic carbocycles. The number of ether oxygens (including phenoxy) is 1. The van der Waals surface area contributed by atoms with E-state index in [2.05, 4.69) is 48.6 Å². The van der Waals surface area contributed by atoms with Crippen LogP contribution in [0, 0.1) is 0 Å². The number of fused-ring (bicyclic) bond motifs is 1. The summed E-state index contributed by atoms with van der Waals surface area (Å²) in [6, 6.07) is 4.21. The van der Waals surface area contributed by atoms with Crippen LogP contribution in [0.3, 0.4) is 0 Å². The smallest absolute Gasteiger partial charge is 0.290 e. The highest BCUT2D eigenvalue weighted by molar-refractivity contribution is 5.78.